The van der Waals surface area contributed by atoms with Gasteiger partial charge in [0.05, 0.1) is 23.9 Å². The van der Waals surface area contributed by atoms with Crippen LogP contribution in [-0.2, 0) is 11.2 Å². The van der Waals surface area contributed by atoms with Gasteiger partial charge < -0.3 is 15.0 Å². The largest absolute Gasteiger partial charge is 0.378 e. The molecule has 0 bridgehead atoms. The Morgan fingerprint density at radius 1 is 1.19 bits per heavy atom. The summed E-state index contributed by atoms with van der Waals surface area (Å²) in [5.74, 6) is 0.270. The van der Waals surface area contributed by atoms with E-state index in [1.807, 2.05) is 5.38 Å². The van der Waals surface area contributed by atoms with E-state index >= 15 is 0 Å². The van der Waals surface area contributed by atoms with E-state index in [2.05, 4.69) is 24.1 Å². The van der Waals surface area contributed by atoms with E-state index in [1.54, 1.807) is 40.5 Å². The highest BCUT2D eigenvalue weighted by molar-refractivity contribution is 7.09. The highest BCUT2D eigenvalue weighted by atomic mass is 32.1. The van der Waals surface area contributed by atoms with Gasteiger partial charge in [-0.15, -0.1) is 11.3 Å². The molecule has 0 unspecified atom stereocenters. The van der Waals surface area contributed by atoms with E-state index in [0.717, 1.165) is 10.7 Å². The van der Waals surface area contributed by atoms with Crippen LogP contribution in [0.4, 0.5) is 0 Å². The summed E-state index contributed by atoms with van der Waals surface area (Å²) in [6, 6.07) is 6.82. The van der Waals surface area contributed by atoms with E-state index in [-0.39, 0.29) is 11.8 Å². The van der Waals surface area contributed by atoms with E-state index in [1.165, 1.54) is 0 Å². The normalized spacial score (nSPS) is 14.4. The van der Waals surface area contributed by atoms with Gasteiger partial charge in [0.2, 0.25) is 0 Å². The molecule has 144 valence electrons. The number of benzene rings is 1. The maximum Gasteiger partial charge on any atom is 0.254 e. The molecule has 0 radical (unpaired) electrons. The summed E-state index contributed by atoms with van der Waals surface area (Å²) in [7, 11) is 0. The van der Waals surface area contributed by atoms with Gasteiger partial charge in [0.25, 0.3) is 11.8 Å². The van der Waals surface area contributed by atoms with Crippen LogP contribution in [-0.4, -0.2) is 54.5 Å². The smallest absolute Gasteiger partial charge is 0.254 e. The predicted molar refractivity (Wildman–Crippen MR) is 105 cm³/mol. The quantitative estimate of drug-likeness (QED) is 0.827. The van der Waals surface area contributed by atoms with Crippen LogP contribution in [0, 0.1) is 0 Å². The molecule has 7 heteroatoms. The number of carbonyl (C=O) groups excluding carboxylic acids is 2. The van der Waals surface area contributed by atoms with Gasteiger partial charge in [0.15, 0.2) is 0 Å². The molecule has 0 atom stereocenters. The molecule has 1 aliphatic rings. The van der Waals surface area contributed by atoms with Crippen LogP contribution in [0.2, 0.25) is 0 Å². The number of nitrogens with zero attached hydrogens (tertiary/aromatic N) is 2. The van der Waals surface area contributed by atoms with Crippen molar-refractivity contribution in [2.45, 2.75) is 26.2 Å². The molecule has 27 heavy (non-hydrogen) atoms. The summed E-state index contributed by atoms with van der Waals surface area (Å²) in [6.45, 7) is 7.14. The van der Waals surface area contributed by atoms with Crippen LogP contribution in [0.3, 0.4) is 0 Å². The molecule has 2 amide bonds. The van der Waals surface area contributed by atoms with Gasteiger partial charge in [0.1, 0.15) is 0 Å². The minimum absolute atomic E-state index is 0.0188. The second-order valence-electron chi connectivity index (χ2n) is 6.82. The lowest BCUT2D eigenvalue weighted by atomic mass is 10.1. The van der Waals surface area contributed by atoms with Crippen molar-refractivity contribution < 1.29 is 14.3 Å². The van der Waals surface area contributed by atoms with Gasteiger partial charge >= 0.3 is 0 Å². The molecule has 1 aromatic heterocycles. The second-order valence-corrected chi connectivity index (χ2v) is 7.71. The third-order valence-electron chi connectivity index (χ3n) is 4.42. The molecule has 1 saturated heterocycles. The van der Waals surface area contributed by atoms with Crippen molar-refractivity contribution >= 4 is 23.2 Å². The molecule has 3 rings (SSSR count). The van der Waals surface area contributed by atoms with Crippen LogP contribution < -0.4 is 5.32 Å². The van der Waals surface area contributed by atoms with E-state index < -0.39 is 0 Å². The highest BCUT2D eigenvalue weighted by Gasteiger charge is 2.18. The number of ether oxygens (including phenoxy) is 1. The molecular weight excluding hydrogens is 362 g/mol. The Morgan fingerprint density at radius 2 is 1.85 bits per heavy atom. The van der Waals surface area contributed by atoms with Gasteiger partial charge in [-0.1, -0.05) is 13.8 Å². The Kier molecular flexibility index (Phi) is 6.58. The number of morpholine rings is 1. The number of hydrogen-bond acceptors (Lipinski definition) is 5. The molecule has 1 aromatic carbocycles. The molecule has 1 N–H and O–H groups in total. The Morgan fingerprint density at radius 3 is 2.48 bits per heavy atom. The van der Waals surface area contributed by atoms with Crippen molar-refractivity contribution in [1.29, 1.82) is 0 Å². The third kappa shape index (κ3) is 5.14. The van der Waals surface area contributed by atoms with Crippen molar-refractivity contribution in [3.8, 4) is 0 Å². The van der Waals surface area contributed by atoms with Crippen LogP contribution in [0.15, 0.2) is 29.6 Å². The Balaban J connectivity index is 1.50. The van der Waals surface area contributed by atoms with Crippen LogP contribution in [0.5, 0.6) is 0 Å². The highest BCUT2D eigenvalue weighted by Crippen LogP contribution is 2.19. The average Bonchev–Trinajstić information content (AvgIpc) is 3.17. The van der Waals surface area contributed by atoms with Crippen molar-refractivity contribution in [1.82, 2.24) is 15.2 Å². The monoisotopic (exact) mass is 387 g/mol. The van der Waals surface area contributed by atoms with Crippen LogP contribution >= 0.6 is 11.3 Å². The summed E-state index contributed by atoms with van der Waals surface area (Å²) in [5, 5.41) is 6.08. The minimum Gasteiger partial charge on any atom is -0.378 e. The summed E-state index contributed by atoms with van der Waals surface area (Å²) in [6.07, 6.45) is 0.711. The van der Waals surface area contributed by atoms with Crippen LogP contribution in [0.25, 0.3) is 0 Å². The van der Waals surface area contributed by atoms with Crippen molar-refractivity contribution in [3.05, 3.63) is 51.5 Å². The summed E-state index contributed by atoms with van der Waals surface area (Å²) in [4.78, 5) is 31.1. The van der Waals surface area contributed by atoms with E-state index in [4.69, 9.17) is 4.74 Å². The number of rotatable bonds is 6. The molecular formula is C20H25N3O3S. The molecule has 0 spiro atoms. The van der Waals surface area contributed by atoms with Crippen molar-refractivity contribution in [3.63, 3.8) is 0 Å². The molecule has 6 nitrogen and oxygen atoms in total. The Hall–Kier alpha value is -2.25. The molecule has 2 aromatic rings. The zero-order valence-corrected chi connectivity index (χ0v) is 16.6. The topological polar surface area (TPSA) is 71.5 Å². The van der Waals surface area contributed by atoms with Gasteiger partial charge in [-0.05, 0) is 24.3 Å². The van der Waals surface area contributed by atoms with Gasteiger partial charge in [-0.2, -0.15) is 0 Å². The SMILES string of the molecule is CC(C)c1nc(CCNC(=O)c2ccc(C(=O)N3CCOCC3)cc2)cs1. The minimum atomic E-state index is -0.139. The zero-order chi connectivity index (χ0) is 19.2. The molecule has 1 aliphatic heterocycles. The van der Waals surface area contributed by atoms with Crippen molar-refractivity contribution in [2.24, 2.45) is 0 Å². The maximum atomic E-state index is 12.4. The van der Waals surface area contributed by atoms with E-state index in [9.17, 15) is 9.59 Å². The number of amides is 2. The molecule has 0 aliphatic carbocycles. The van der Waals surface area contributed by atoms with Crippen molar-refractivity contribution in [2.75, 3.05) is 32.8 Å². The molecule has 0 saturated carbocycles. The lowest BCUT2D eigenvalue weighted by Crippen LogP contribution is -2.40. The van der Waals surface area contributed by atoms with E-state index in [0.29, 0.717) is 56.3 Å². The van der Waals surface area contributed by atoms with Gasteiger partial charge in [-0.25, -0.2) is 4.98 Å². The first-order valence-electron chi connectivity index (χ1n) is 9.24. The fourth-order valence-corrected chi connectivity index (χ4v) is 3.69. The number of nitrogens with one attached hydrogen (secondary N) is 1. The second kappa shape index (κ2) is 9.10. The third-order valence-corrected chi connectivity index (χ3v) is 5.62. The van der Waals surface area contributed by atoms with Crippen LogP contribution in [0.1, 0.15) is 51.2 Å². The number of carbonyl (C=O) groups is 2. The first-order valence-corrected chi connectivity index (χ1v) is 10.1. The number of aromatic nitrogens is 1. The van der Waals surface area contributed by atoms with Gasteiger partial charge in [-0.3, -0.25) is 9.59 Å². The predicted octanol–water partition coefficient (Wildman–Crippen LogP) is 2.71. The fourth-order valence-electron chi connectivity index (χ4n) is 2.82. The number of thiazole rings is 1. The first-order chi connectivity index (χ1) is 13.0. The average molecular weight is 388 g/mol. The zero-order valence-electron chi connectivity index (χ0n) is 15.7. The number of hydrogen-bond donors (Lipinski definition) is 1. The summed E-state index contributed by atoms with van der Waals surface area (Å²) in [5.41, 5.74) is 2.15. The molecule has 1 fully saturated rings. The first kappa shape index (κ1) is 19.5. The summed E-state index contributed by atoms with van der Waals surface area (Å²) < 4.78 is 5.27. The Bertz CT molecular complexity index is 780. The lowest BCUT2D eigenvalue weighted by Gasteiger charge is -2.26. The summed E-state index contributed by atoms with van der Waals surface area (Å²) >= 11 is 1.66. The van der Waals surface area contributed by atoms with Gasteiger partial charge in [0, 0.05) is 48.5 Å². The standard InChI is InChI=1S/C20H25N3O3S/c1-14(2)19-22-17(13-27-19)7-8-21-18(24)15-3-5-16(6-4-15)20(25)23-9-11-26-12-10-23/h3-6,13-14H,7-12H2,1-2H3,(H,21,24). The fraction of sp³-hybridized carbons (Fsp3) is 0.450. The Labute approximate surface area is 163 Å². The molecule has 2 heterocycles. The lowest BCUT2D eigenvalue weighted by molar-refractivity contribution is 0.0303. The maximum absolute atomic E-state index is 12.4.